The summed E-state index contributed by atoms with van der Waals surface area (Å²) in [5.74, 6) is -0.513. The second kappa shape index (κ2) is 15.2. The van der Waals surface area contributed by atoms with Gasteiger partial charge in [0.25, 0.3) is 0 Å². The second-order valence-electron chi connectivity index (χ2n) is 4.97. The van der Waals surface area contributed by atoms with Crippen LogP contribution < -0.4 is 5.32 Å². The minimum Gasteiger partial charge on any atom is -0.463 e. The Hall–Kier alpha value is -0.0994. The third kappa shape index (κ3) is 13.2. The van der Waals surface area contributed by atoms with Gasteiger partial charge in [-0.25, -0.2) is 0 Å². The smallest absolute Gasteiger partial charge is 0.314 e. The highest BCUT2D eigenvalue weighted by molar-refractivity contribution is 7.31. The van der Waals surface area contributed by atoms with Crippen molar-refractivity contribution >= 4 is 48.8 Å². The normalized spacial score (nSPS) is 11.8. The van der Waals surface area contributed by atoms with E-state index < -0.39 is 8.56 Å². The fourth-order valence-corrected chi connectivity index (χ4v) is 7.79. The molecule has 138 valence electrons. The largest absolute Gasteiger partial charge is 0.463 e. The van der Waals surface area contributed by atoms with Gasteiger partial charge < -0.3 is 22.8 Å². The van der Waals surface area contributed by atoms with Gasteiger partial charge in [0.2, 0.25) is 25.4 Å². The van der Waals surface area contributed by atoms with Crippen LogP contribution in [0, 0.1) is 0 Å². The lowest BCUT2D eigenvalue weighted by Crippen LogP contribution is -2.41. The van der Waals surface area contributed by atoms with Crippen LogP contribution >= 0.6 is 8.81 Å². The first-order valence-corrected chi connectivity index (χ1v) is 14.6. The van der Waals surface area contributed by atoms with Gasteiger partial charge in [-0.15, -0.1) is 0 Å². The van der Waals surface area contributed by atoms with Crippen LogP contribution in [0.4, 0.5) is 0 Å². The molecule has 1 unspecified atom stereocenters. The molecule has 1 N–H and O–H groups in total. The van der Waals surface area contributed by atoms with Crippen molar-refractivity contribution in [3.63, 3.8) is 0 Å². The molecule has 7 nitrogen and oxygen atoms in total. The van der Waals surface area contributed by atoms with Gasteiger partial charge in [0.05, 0.1) is 13.0 Å². The van der Waals surface area contributed by atoms with E-state index in [-0.39, 0.29) is 31.3 Å². The predicted octanol–water partition coefficient (Wildman–Crippen LogP) is 1.50. The predicted molar refractivity (Wildman–Crippen MR) is 99.8 cm³/mol. The van der Waals surface area contributed by atoms with Gasteiger partial charge >= 0.3 is 14.5 Å². The Morgan fingerprint density at radius 2 is 1.79 bits per heavy atom. The van der Waals surface area contributed by atoms with E-state index in [2.05, 4.69) is 11.9 Å². The highest BCUT2D eigenvalue weighted by Crippen LogP contribution is 2.14. The van der Waals surface area contributed by atoms with E-state index in [1.165, 1.54) is 0 Å². The summed E-state index contributed by atoms with van der Waals surface area (Å²) in [4.78, 5) is 23.1. The molecule has 0 spiro atoms. The van der Waals surface area contributed by atoms with Crippen molar-refractivity contribution in [2.45, 2.75) is 44.9 Å². The molecule has 0 aliphatic rings. The molecule has 11 heteroatoms. The van der Waals surface area contributed by atoms with Gasteiger partial charge in [-0.05, 0) is 38.8 Å². The fourth-order valence-electron chi connectivity index (χ4n) is 1.87. The molecular formula is C13H28NO6PSi3. The van der Waals surface area contributed by atoms with Gasteiger partial charge in [-0.2, -0.15) is 0 Å². The summed E-state index contributed by atoms with van der Waals surface area (Å²) in [6.45, 7) is 9.14. The van der Waals surface area contributed by atoms with E-state index in [1.54, 1.807) is 0 Å². The van der Waals surface area contributed by atoms with Crippen molar-refractivity contribution < 1.29 is 27.1 Å². The van der Waals surface area contributed by atoms with Crippen LogP contribution in [-0.4, -0.2) is 66.4 Å². The Bertz CT molecular complexity index is 359. The average Bonchev–Trinajstić information content (AvgIpc) is 2.54. The molecular weight excluding hydrogens is 381 g/mol. The van der Waals surface area contributed by atoms with Crippen molar-refractivity contribution in [3.05, 3.63) is 0 Å². The third-order valence-electron chi connectivity index (χ3n) is 2.91. The van der Waals surface area contributed by atoms with Crippen LogP contribution in [0.3, 0.4) is 0 Å². The first kappa shape index (κ1) is 23.9. The van der Waals surface area contributed by atoms with E-state index in [1.807, 2.05) is 19.8 Å². The van der Waals surface area contributed by atoms with Crippen LogP contribution in [0.25, 0.3) is 0 Å². The zero-order valence-electron chi connectivity index (χ0n) is 14.9. The van der Waals surface area contributed by atoms with Crippen molar-refractivity contribution in [1.82, 2.24) is 5.32 Å². The highest BCUT2D eigenvalue weighted by Gasteiger charge is 2.29. The quantitative estimate of drug-likeness (QED) is 0.191. The maximum atomic E-state index is 11.7. The highest BCUT2D eigenvalue weighted by atomic mass is 31.1. The SMILES string of the molecule is C[Si]O[Si](C)(CCCNC(=O)CCC(=O)OCCOPC)O[Si]C. The Morgan fingerprint density at radius 3 is 2.38 bits per heavy atom. The van der Waals surface area contributed by atoms with Gasteiger partial charge in [0.1, 0.15) is 6.61 Å². The van der Waals surface area contributed by atoms with Crippen molar-refractivity contribution in [2.24, 2.45) is 0 Å². The molecule has 0 rings (SSSR count). The summed E-state index contributed by atoms with van der Waals surface area (Å²) in [5.41, 5.74) is 0. The molecule has 1 atom stereocenters. The molecule has 0 bridgehead atoms. The standard InChI is InChI=1S/C13H28NO6PSi3/c1-21-18-10-9-17-13(16)7-6-12(15)14-8-5-11-24(4,19-22-2)20-23-3/h21H,5-11H2,1-4H3,(H,14,15). The van der Waals surface area contributed by atoms with Crippen LogP contribution in [0.5, 0.6) is 0 Å². The lowest BCUT2D eigenvalue weighted by molar-refractivity contribution is -0.145. The first-order chi connectivity index (χ1) is 11.5. The van der Waals surface area contributed by atoms with Crippen molar-refractivity contribution in [2.75, 3.05) is 26.4 Å². The minimum absolute atomic E-state index is 0.0901. The molecule has 0 aromatic carbocycles. The van der Waals surface area contributed by atoms with Crippen molar-refractivity contribution in [1.29, 1.82) is 0 Å². The monoisotopic (exact) mass is 409 g/mol. The number of esters is 1. The summed E-state index contributed by atoms with van der Waals surface area (Å²) >= 11 is 0. The fraction of sp³-hybridized carbons (Fsp3) is 0.846. The summed E-state index contributed by atoms with van der Waals surface area (Å²) in [5, 5.41) is 2.82. The molecule has 0 aliphatic heterocycles. The molecule has 0 aromatic rings. The van der Waals surface area contributed by atoms with E-state index in [9.17, 15) is 9.59 Å². The van der Waals surface area contributed by atoms with Gasteiger partial charge in [-0.3, -0.25) is 9.59 Å². The molecule has 0 aliphatic carbocycles. The van der Waals surface area contributed by atoms with Gasteiger partial charge in [0.15, 0.2) is 0 Å². The molecule has 0 aromatic heterocycles. The number of hydrogen-bond donors (Lipinski definition) is 1. The average molecular weight is 410 g/mol. The topological polar surface area (TPSA) is 83.1 Å². The van der Waals surface area contributed by atoms with E-state index in [0.717, 1.165) is 12.5 Å². The first-order valence-electron chi connectivity index (χ1n) is 7.87. The number of rotatable bonds is 15. The zero-order valence-corrected chi connectivity index (χ0v) is 18.9. The van der Waals surface area contributed by atoms with E-state index in [4.69, 9.17) is 17.5 Å². The second-order valence-corrected chi connectivity index (χ2v) is 10.9. The lowest BCUT2D eigenvalue weighted by Gasteiger charge is -2.26. The summed E-state index contributed by atoms with van der Waals surface area (Å²) < 4.78 is 21.6. The Kier molecular flexibility index (Phi) is 15.1. The van der Waals surface area contributed by atoms with E-state index in [0.29, 0.717) is 41.5 Å². The molecule has 24 heavy (non-hydrogen) atoms. The number of amides is 1. The van der Waals surface area contributed by atoms with Crippen molar-refractivity contribution in [3.8, 4) is 0 Å². The Labute approximate surface area is 152 Å². The number of ether oxygens (including phenoxy) is 1. The van der Waals surface area contributed by atoms with Gasteiger partial charge in [-0.1, -0.05) is 0 Å². The van der Waals surface area contributed by atoms with Crippen LogP contribution in [0.15, 0.2) is 0 Å². The molecule has 0 heterocycles. The lowest BCUT2D eigenvalue weighted by atomic mass is 10.3. The number of carbonyl (C=O) groups is 2. The third-order valence-corrected chi connectivity index (χ3v) is 9.76. The number of hydrogen-bond acceptors (Lipinski definition) is 6. The number of nitrogens with one attached hydrogen (secondary N) is 1. The summed E-state index contributed by atoms with van der Waals surface area (Å²) in [7, 11) is -0.876. The number of carbonyl (C=O) groups excluding carboxylic acids is 2. The van der Waals surface area contributed by atoms with Crippen LogP contribution in [-0.2, 0) is 27.1 Å². The molecule has 4 radical (unpaired) electrons. The maximum absolute atomic E-state index is 11.7. The maximum Gasteiger partial charge on any atom is 0.314 e. The molecule has 1 amide bonds. The van der Waals surface area contributed by atoms with E-state index >= 15 is 0 Å². The van der Waals surface area contributed by atoms with Crippen LogP contribution in [0.2, 0.25) is 25.7 Å². The summed E-state index contributed by atoms with van der Waals surface area (Å²) in [6, 6.07) is 0.842. The zero-order chi connectivity index (χ0) is 18.3. The molecule has 0 saturated carbocycles. The molecule has 0 saturated heterocycles. The Morgan fingerprint density at radius 1 is 1.12 bits per heavy atom. The summed E-state index contributed by atoms with van der Waals surface area (Å²) in [6.07, 6.45) is 1.04. The minimum atomic E-state index is -2.09. The molecule has 0 fully saturated rings. The van der Waals surface area contributed by atoms with Crippen LogP contribution in [0.1, 0.15) is 19.3 Å². The Balaban J connectivity index is 3.76. The van der Waals surface area contributed by atoms with Gasteiger partial charge in [0, 0.05) is 21.8 Å².